The van der Waals surface area contributed by atoms with Crippen LogP contribution in [-0.2, 0) is 10.1 Å². The van der Waals surface area contributed by atoms with Crippen LogP contribution in [0.5, 0.6) is 5.75 Å². The highest BCUT2D eigenvalue weighted by molar-refractivity contribution is 9.08. The van der Waals surface area contributed by atoms with Gasteiger partial charge in [-0.05, 0) is 37.1 Å². The highest BCUT2D eigenvalue weighted by Crippen LogP contribution is 2.26. The van der Waals surface area contributed by atoms with Crippen LogP contribution in [0, 0.1) is 6.92 Å². The quantitative estimate of drug-likeness (QED) is 0.613. The van der Waals surface area contributed by atoms with Gasteiger partial charge in [0.1, 0.15) is 5.75 Å². The summed E-state index contributed by atoms with van der Waals surface area (Å²) in [5.74, 6) is -0.593. The number of hydrogen-bond donors (Lipinski definition) is 0. The van der Waals surface area contributed by atoms with Crippen LogP contribution in [0.15, 0.2) is 12.1 Å². The molecule has 0 saturated heterocycles. The summed E-state index contributed by atoms with van der Waals surface area (Å²) in [5, 5.41) is 0.436. The fourth-order valence-electron chi connectivity index (χ4n) is 1.48. The zero-order chi connectivity index (χ0) is 13.7. The molecule has 0 N–H and O–H groups in total. The molecule has 100 valence electrons. The Labute approximate surface area is 112 Å². The molecule has 1 aromatic rings. The number of carbonyl (C=O) groups excluding carboxylic acids is 1. The molecule has 1 rings (SSSR count). The summed E-state index contributed by atoms with van der Waals surface area (Å²) >= 11 is 3.24. The first-order valence-corrected chi connectivity index (χ1v) is 6.43. The minimum atomic E-state index is -2.93. The number of benzene rings is 1. The van der Waals surface area contributed by atoms with Gasteiger partial charge in [-0.3, -0.25) is 0 Å². The maximum Gasteiger partial charge on any atom is 0.387 e. The number of ether oxygens (including phenoxy) is 2. The van der Waals surface area contributed by atoms with Crippen molar-refractivity contribution in [2.75, 3.05) is 6.61 Å². The average molecular weight is 323 g/mol. The van der Waals surface area contributed by atoms with Crippen LogP contribution in [-0.4, -0.2) is 19.2 Å². The summed E-state index contributed by atoms with van der Waals surface area (Å²) in [6.07, 6.45) is 0. The van der Waals surface area contributed by atoms with E-state index in [4.69, 9.17) is 4.74 Å². The standard InChI is InChI=1S/C12H13BrF2O3/c1-3-17-11(16)10-5-9(18-12(14)15)4-8(6-13)7(10)2/h4-5,12H,3,6H2,1-2H3. The summed E-state index contributed by atoms with van der Waals surface area (Å²) in [6, 6.07) is 2.74. The number of esters is 1. The van der Waals surface area contributed by atoms with Crippen molar-refractivity contribution in [3.05, 3.63) is 28.8 Å². The molecule has 18 heavy (non-hydrogen) atoms. The van der Waals surface area contributed by atoms with Crippen molar-refractivity contribution in [2.24, 2.45) is 0 Å². The van der Waals surface area contributed by atoms with Crippen LogP contribution >= 0.6 is 15.9 Å². The lowest BCUT2D eigenvalue weighted by Crippen LogP contribution is -2.10. The second kappa shape index (κ2) is 6.68. The van der Waals surface area contributed by atoms with Crippen LogP contribution in [0.3, 0.4) is 0 Å². The molecule has 6 heteroatoms. The zero-order valence-electron chi connectivity index (χ0n) is 10.0. The lowest BCUT2D eigenvalue weighted by atomic mass is 10.0. The molecular formula is C12H13BrF2O3. The molecule has 0 aliphatic rings. The van der Waals surface area contributed by atoms with E-state index >= 15 is 0 Å². The topological polar surface area (TPSA) is 35.5 Å². The summed E-state index contributed by atoms with van der Waals surface area (Å²) in [7, 11) is 0. The Hall–Kier alpha value is -1.17. The summed E-state index contributed by atoms with van der Waals surface area (Å²) in [6.45, 7) is 0.709. The normalized spacial score (nSPS) is 10.6. The van der Waals surface area contributed by atoms with Crippen molar-refractivity contribution in [3.63, 3.8) is 0 Å². The van der Waals surface area contributed by atoms with Gasteiger partial charge in [-0.1, -0.05) is 15.9 Å². The van der Waals surface area contributed by atoms with Crippen LogP contribution in [0.25, 0.3) is 0 Å². The number of hydrogen-bond acceptors (Lipinski definition) is 3. The first-order valence-electron chi connectivity index (χ1n) is 5.31. The maximum absolute atomic E-state index is 12.2. The van der Waals surface area contributed by atoms with Gasteiger partial charge in [0.15, 0.2) is 0 Å². The molecule has 0 aliphatic heterocycles. The smallest absolute Gasteiger partial charge is 0.387 e. The third-order valence-corrected chi connectivity index (χ3v) is 2.96. The van der Waals surface area contributed by atoms with Gasteiger partial charge in [0, 0.05) is 5.33 Å². The molecule has 0 heterocycles. The second-order valence-corrected chi connectivity index (χ2v) is 4.05. The van der Waals surface area contributed by atoms with E-state index in [2.05, 4.69) is 20.7 Å². The number of alkyl halides is 3. The van der Waals surface area contributed by atoms with Gasteiger partial charge in [0.2, 0.25) is 0 Å². The molecule has 0 aromatic heterocycles. The van der Waals surface area contributed by atoms with Crippen molar-refractivity contribution >= 4 is 21.9 Å². The van der Waals surface area contributed by atoms with Crippen molar-refractivity contribution in [1.82, 2.24) is 0 Å². The van der Waals surface area contributed by atoms with Gasteiger partial charge in [0.05, 0.1) is 12.2 Å². The zero-order valence-corrected chi connectivity index (χ0v) is 11.6. The molecule has 0 atom stereocenters. The van der Waals surface area contributed by atoms with Gasteiger partial charge >= 0.3 is 12.6 Å². The molecule has 0 aliphatic carbocycles. The van der Waals surface area contributed by atoms with E-state index in [-0.39, 0.29) is 17.9 Å². The Morgan fingerprint density at radius 1 is 1.44 bits per heavy atom. The van der Waals surface area contributed by atoms with E-state index < -0.39 is 12.6 Å². The van der Waals surface area contributed by atoms with Gasteiger partial charge < -0.3 is 9.47 Å². The Bertz CT molecular complexity index is 436. The van der Waals surface area contributed by atoms with E-state index in [0.717, 1.165) is 0 Å². The average Bonchev–Trinajstić information content (AvgIpc) is 2.30. The van der Waals surface area contributed by atoms with Crippen LogP contribution < -0.4 is 4.74 Å². The lowest BCUT2D eigenvalue weighted by Gasteiger charge is -2.12. The molecule has 1 aromatic carbocycles. The van der Waals surface area contributed by atoms with Gasteiger partial charge in [-0.25, -0.2) is 4.79 Å². The summed E-state index contributed by atoms with van der Waals surface area (Å²) < 4.78 is 33.6. The van der Waals surface area contributed by atoms with Crippen LogP contribution in [0.2, 0.25) is 0 Å². The Morgan fingerprint density at radius 3 is 2.61 bits per heavy atom. The highest BCUT2D eigenvalue weighted by Gasteiger charge is 2.16. The van der Waals surface area contributed by atoms with Crippen molar-refractivity contribution in [2.45, 2.75) is 25.8 Å². The molecule has 0 bridgehead atoms. The Morgan fingerprint density at radius 2 is 2.11 bits per heavy atom. The molecular weight excluding hydrogens is 310 g/mol. The summed E-state index contributed by atoms with van der Waals surface area (Å²) in [5.41, 5.74) is 1.63. The first-order chi connectivity index (χ1) is 8.49. The largest absolute Gasteiger partial charge is 0.462 e. The van der Waals surface area contributed by atoms with E-state index in [9.17, 15) is 13.6 Å². The van der Waals surface area contributed by atoms with Gasteiger partial charge in [0.25, 0.3) is 0 Å². The number of rotatable bonds is 5. The molecule has 0 fully saturated rings. The SMILES string of the molecule is CCOC(=O)c1cc(OC(F)F)cc(CBr)c1C. The molecule has 0 radical (unpaired) electrons. The van der Waals surface area contributed by atoms with Crippen molar-refractivity contribution in [3.8, 4) is 5.75 Å². The lowest BCUT2D eigenvalue weighted by molar-refractivity contribution is -0.0499. The van der Waals surface area contributed by atoms with Gasteiger partial charge in [-0.2, -0.15) is 8.78 Å². The van der Waals surface area contributed by atoms with E-state index in [1.807, 2.05) is 0 Å². The fraction of sp³-hybridized carbons (Fsp3) is 0.417. The predicted octanol–water partition coefficient (Wildman–Crippen LogP) is 3.67. The molecule has 0 saturated carbocycles. The molecule has 0 amide bonds. The Balaban J connectivity index is 3.18. The Kier molecular flexibility index (Phi) is 5.53. The van der Waals surface area contributed by atoms with Crippen LogP contribution in [0.4, 0.5) is 8.78 Å². The van der Waals surface area contributed by atoms with Crippen molar-refractivity contribution in [1.29, 1.82) is 0 Å². The maximum atomic E-state index is 12.2. The predicted molar refractivity (Wildman–Crippen MR) is 66.4 cm³/mol. The van der Waals surface area contributed by atoms with E-state index in [0.29, 0.717) is 16.5 Å². The number of halogens is 3. The minimum absolute atomic E-state index is 0.0481. The molecule has 3 nitrogen and oxygen atoms in total. The minimum Gasteiger partial charge on any atom is -0.462 e. The number of carbonyl (C=O) groups is 1. The van der Waals surface area contributed by atoms with Gasteiger partial charge in [-0.15, -0.1) is 0 Å². The summed E-state index contributed by atoms with van der Waals surface area (Å²) in [4.78, 5) is 11.7. The third-order valence-electron chi connectivity index (χ3n) is 2.35. The van der Waals surface area contributed by atoms with Crippen molar-refractivity contribution < 1.29 is 23.0 Å². The molecule has 0 spiro atoms. The fourth-order valence-corrected chi connectivity index (χ4v) is 2.06. The van der Waals surface area contributed by atoms with E-state index in [1.54, 1.807) is 13.8 Å². The van der Waals surface area contributed by atoms with E-state index in [1.165, 1.54) is 12.1 Å². The monoisotopic (exact) mass is 322 g/mol. The molecule has 0 unspecified atom stereocenters. The highest BCUT2D eigenvalue weighted by atomic mass is 79.9. The first kappa shape index (κ1) is 14.9. The van der Waals surface area contributed by atoms with Crippen LogP contribution in [0.1, 0.15) is 28.4 Å². The third kappa shape index (κ3) is 3.66. The second-order valence-electron chi connectivity index (χ2n) is 3.49.